The molecule has 0 bridgehead atoms. The molecule has 0 saturated carbocycles. The van der Waals surface area contributed by atoms with Gasteiger partial charge in [-0.2, -0.15) is 5.10 Å². The molecule has 0 aliphatic heterocycles. The second-order valence-electron chi connectivity index (χ2n) is 8.06. The van der Waals surface area contributed by atoms with Crippen LogP contribution in [-0.4, -0.2) is 42.4 Å². The summed E-state index contributed by atoms with van der Waals surface area (Å²) in [6.07, 6.45) is 15.0. The Kier molecular flexibility index (Phi) is 15.1. The SMILES string of the molecule is C#CN/N=c1/ccc(C2C=C(NC(O)c3ccc(OC)c(OC)c3)C=CC2)nn1C.C/C=C(/C)C=NC.CC. The number of aromatic nitrogens is 2. The molecule has 0 saturated heterocycles. The maximum Gasteiger partial charge on any atom is 0.169 e. The van der Waals surface area contributed by atoms with E-state index < -0.39 is 6.23 Å². The molecule has 1 heterocycles. The number of aryl methyl sites for hydroxylation is 1. The first-order valence-corrected chi connectivity index (χ1v) is 12.7. The maximum atomic E-state index is 10.6. The normalized spacial score (nSPS) is 15.6. The molecule has 0 amide bonds. The zero-order valence-electron chi connectivity index (χ0n) is 24.3. The van der Waals surface area contributed by atoms with Gasteiger partial charge < -0.3 is 19.9 Å². The molecule has 3 N–H and O–H groups in total. The second kappa shape index (κ2) is 18.0. The third-order valence-corrected chi connectivity index (χ3v) is 5.50. The predicted molar refractivity (Wildman–Crippen MR) is 158 cm³/mol. The molecule has 210 valence electrons. The highest BCUT2D eigenvalue weighted by molar-refractivity contribution is 5.77. The molecule has 1 aromatic heterocycles. The van der Waals surface area contributed by atoms with Gasteiger partial charge in [-0.1, -0.05) is 44.6 Å². The number of aliphatic hydroxyl groups excluding tert-OH is 1. The summed E-state index contributed by atoms with van der Waals surface area (Å²) in [5.41, 5.74) is 6.67. The topological polar surface area (TPSA) is 105 Å². The highest BCUT2D eigenvalue weighted by atomic mass is 16.5. The number of aliphatic hydroxyl groups is 1. The van der Waals surface area contributed by atoms with Gasteiger partial charge in [0.05, 0.1) is 19.9 Å². The third kappa shape index (κ3) is 10.5. The van der Waals surface area contributed by atoms with Crippen LogP contribution < -0.4 is 25.7 Å². The zero-order valence-corrected chi connectivity index (χ0v) is 24.3. The molecule has 9 heteroatoms. The van der Waals surface area contributed by atoms with Crippen molar-refractivity contribution in [3.63, 3.8) is 0 Å². The maximum absolute atomic E-state index is 10.6. The van der Waals surface area contributed by atoms with Crippen LogP contribution in [0.1, 0.15) is 57.5 Å². The Morgan fingerprint density at radius 2 is 1.95 bits per heavy atom. The molecule has 1 aliphatic carbocycles. The number of allylic oxidation sites excluding steroid dienone is 5. The molecular formula is C30H42N6O3. The van der Waals surface area contributed by atoms with Gasteiger partial charge in [0.15, 0.2) is 23.2 Å². The first-order valence-electron chi connectivity index (χ1n) is 12.7. The highest BCUT2D eigenvalue weighted by Gasteiger charge is 2.17. The van der Waals surface area contributed by atoms with E-state index in [0.29, 0.717) is 22.6 Å². The van der Waals surface area contributed by atoms with Crippen molar-refractivity contribution in [1.29, 1.82) is 0 Å². The fourth-order valence-corrected chi connectivity index (χ4v) is 3.45. The average Bonchev–Trinajstić information content (AvgIpc) is 2.97. The largest absolute Gasteiger partial charge is 0.493 e. The van der Waals surface area contributed by atoms with Crippen molar-refractivity contribution < 1.29 is 14.6 Å². The minimum Gasteiger partial charge on any atom is -0.493 e. The summed E-state index contributed by atoms with van der Waals surface area (Å²) < 4.78 is 12.2. The van der Waals surface area contributed by atoms with Crippen LogP contribution in [0.5, 0.6) is 11.5 Å². The molecule has 9 nitrogen and oxygen atoms in total. The molecule has 3 rings (SSSR count). The lowest BCUT2D eigenvalue weighted by molar-refractivity contribution is 0.152. The van der Waals surface area contributed by atoms with Crippen molar-refractivity contribution in [2.45, 2.75) is 46.3 Å². The molecule has 0 fully saturated rings. The number of benzene rings is 1. The van der Waals surface area contributed by atoms with Crippen LogP contribution in [0, 0.1) is 12.5 Å². The van der Waals surface area contributed by atoms with E-state index in [4.69, 9.17) is 15.9 Å². The summed E-state index contributed by atoms with van der Waals surface area (Å²) in [5, 5.41) is 22.4. The average molecular weight is 535 g/mol. The van der Waals surface area contributed by atoms with E-state index in [0.717, 1.165) is 17.8 Å². The van der Waals surface area contributed by atoms with Crippen molar-refractivity contribution in [2.75, 3.05) is 21.3 Å². The van der Waals surface area contributed by atoms with Gasteiger partial charge >= 0.3 is 0 Å². The number of nitrogens with zero attached hydrogens (tertiary/aromatic N) is 4. The van der Waals surface area contributed by atoms with E-state index in [2.05, 4.69) is 32.0 Å². The number of methoxy groups -OCH3 is 2. The standard InChI is InChI=1S/C22H25N5O3.C6H11N.C2H6/c1-5-23-25-21-12-10-18(26-27(21)2)15-7-6-8-17(13-15)24-22(28)16-9-11-19(29-3)20(14-16)30-4;1-4-6(2)5-7-3;1-2/h1,6,8-15,22-24,28H,7H2,2-4H3;4-5H,1-3H3;1-2H3/b25-21-;6-4-,7-5?;. The Hall–Kier alpha value is -4.29. The fourth-order valence-electron chi connectivity index (χ4n) is 3.45. The van der Waals surface area contributed by atoms with Crippen LogP contribution in [0.3, 0.4) is 0 Å². The molecule has 1 aliphatic rings. The van der Waals surface area contributed by atoms with Gasteiger partial charge in [0, 0.05) is 43.5 Å². The second-order valence-corrected chi connectivity index (χ2v) is 8.06. The van der Waals surface area contributed by atoms with Crippen molar-refractivity contribution >= 4 is 6.21 Å². The van der Waals surface area contributed by atoms with Crippen LogP contribution in [0.4, 0.5) is 0 Å². The van der Waals surface area contributed by atoms with Gasteiger partial charge in [0.1, 0.15) is 0 Å². The lowest BCUT2D eigenvalue weighted by atomic mass is 9.95. The highest BCUT2D eigenvalue weighted by Crippen LogP contribution is 2.30. The number of ether oxygens (including phenoxy) is 2. The van der Waals surface area contributed by atoms with Crippen LogP contribution in [0.25, 0.3) is 0 Å². The first-order chi connectivity index (χ1) is 18.9. The summed E-state index contributed by atoms with van der Waals surface area (Å²) in [6, 6.07) is 11.3. The predicted octanol–water partition coefficient (Wildman–Crippen LogP) is 4.32. The van der Waals surface area contributed by atoms with Crippen LogP contribution in [0.2, 0.25) is 0 Å². The molecule has 0 spiro atoms. The monoisotopic (exact) mass is 534 g/mol. The molecule has 2 atom stereocenters. The van der Waals surface area contributed by atoms with Gasteiger partial charge in [0.25, 0.3) is 0 Å². The summed E-state index contributed by atoms with van der Waals surface area (Å²) in [4.78, 5) is 3.81. The summed E-state index contributed by atoms with van der Waals surface area (Å²) in [7, 11) is 6.72. The Morgan fingerprint density at radius 3 is 2.51 bits per heavy atom. The van der Waals surface area contributed by atoms with Crippen LogP contribution in [-0.2, 0) is 7.05 Å². The fraction of sp³-hybridized carbons (Fsp3) is 0.367. The molecular weight excluding hydrogens is 492 g/mol. The number of nitrogens with one attached hydrogen (secondary N) is 2. The Labute approximate surface area is 232 Å². The van der Waals surface area contributed by atoms with Gasteiger partial charge in [0.2, 0.25) is 0 Å². The van der Waals surface area contributed by atoms with Gasteiger partial charge in [-0.25, -0.2) is 10.1 Å². The Bertz CT molecular complexity index is 1270. The number of hydrogen-bond donors (Lipinski definition) is 3. The summed E-state index contributed by atoms with van der Waals surface area (Å²) >= 11 is 0. The minimum absolute atomic E-state index is 0.0657. The van der Waals surface area contributed by atoms with Crippen molar-refractivity contribution in [1.82, 2.24) is 20.5 Å². The van der Waals surface area contributed by atoms with E-state index in [1.807, 2.05) is 77.4 Å². The number of aliphatic imine (C=N–C) groups is 1. The van der Waals surface area contributed by atoms with Gasteiger partial charge in [-0.3, -0.25) is 4.99 Å². The molecule has 2 aromatic rings. The summed E-state index contributed by atoms with van der Waals surface area (Å²) in [5.74, 6) is 1.23. The third-order valence-electron chi connectivity index (χ3n) is 5.50. The minimum atomic E-state index is -0.903. The van der Waals surface area contributed by atoms with E-state index in [1.54, 1.807) is 44.1 Å². The van der Waals surface area contributed by atoms with Gasteiger partial charge in [-0.15, -0.1) is 5.10 Å². The number of rotatable bonds is 8. The lowest BCUT2D eigenvalue weighted by Crippen LogP contribution is -2.25. The lowest BCUT2D eigenvalue weighted by Gasteiger charge is -2.21. The molecule has 39 heavy (non-hydrogen) atoms. The van der Waals surface area contributed by atoms with E-state index in [-0.39, 0.29) is 5.92 Å². The molecule has 1 aromatic carbocycles. The summed E-state index contributed by atoms with van der Waals surface area (Å²) in [6.45, 7) is 8.02. The quantitative estimate of drug-likeness (QED) is 0.153. The number of hydrogen-bond acceptors (Lipinski definition) is 8. The van der Waals surface area contributed by atoms with Crippen LogP contribution >= 0.6 is 0 Å². The zero-order chi connectivity index (χ0) is 29.2. The van der Waals surface area contributed by atoms with Crippen molar-refractivity contribution in [3.05, 3.63) is 82.7 Å². The van der Waals surface area contributed by atoms with Gasteiger partial charge in [-0.05, 0) is 56.2 Å². The van der Waals surface area contributed by atoms with E-state index >= 15 is 0 Å². The van der Waals surface area contributed by atoms with E-state index in [1.165, 1.54) is 5.57 Å². The molecule has 2 unspecified atom stereocenters. The molecule has 0 radical (unpaired) electrons. The number of terminal acetylenes is 1. The Morgan fingerprint density at radius 1 is 1.23 bits per heavy atom. The Balaban J connectivity index is 0.000000735. The van der Waals surface area contributed by atoms with Crippen molar-refractivity contribution in [3.8, 4) is 24.0 Å². The van der Waals surface area contributed by atoms with E-state index in [9.17, 15) is 5.11 Å². The first kappa shape index (κ1) is 32.7. The van der Waals surface area contributed by atoms with Crippen molar-refractivity contribution in [2.24, 2.45) is 17.1 Å². The van der Waals surface area contributed by atoms with Crippen LogP contribution in [0.15, 0.2) is 76.0 Å². The smallest absolute Gasteiger partial charge is 0.169 e.